The maximum atomic E-state index is 12.4. The Morgan fingerprint density at radius 1 is 0.758 bits per heavy atom. The van der Waals surface area contributed by atoms with Gasteiger partial charge < -0.3 is 25.0 Å². The van der Waals surface area contributed by atoms with Crippen LogP contribution in [0.1, 0.15) is 25.7 Å². The molecule has 3 aromatic carbocycles. The first kappa shape index (κ1) is 21.3. The Hall–Kier alpha value is -3.51. The molecule has 2 N–H and O–H groups in total. The Bertz CT molecular complexity index is 1060. The first-order valence-electron chi connectivity index (χ1n) is 11.5. The van der Waals surface area contributed by atoms with Gasteiger partial charge in [0, 0.05) is 23.5 Å². The molecular weight excluding hydrogens is 414 g/mol. The van der Waals surface area contributed by atoms with Crippen LogP contribution in [0, 0.1) is 0 Å². The third-order valence-corrected chi connectivity index (χ3v) is 6.56. The van der Waals surface area contributed by atoms with E-state index in [2.05, 4.69) is 22.6 Å². The zero-order valence-electron chi connectivity index (χ0n) is 18.7. The largest absolute Gasteiger partial charge is 0.490 e. The lowest BCUT2D eigenvalue weighted by molar-refractivity contribution is 0.0662. The molecule has 0 aliphatic carbocycles. The number of benzene rings is 3. The molecule has 6 nitrogen and oxygen atoms in total. The number of hydrogen-bond acceptors (Lipinski definition) is 4. The lowest BCUT2D eigenvalue weighted by Crippen LogP contribution is -2.43. The van der Waals surface area contributed by atoms with Crippen molar-refractivity contribution in [2.75, 3.05) is 17.7 Å². The van der Waals surface area contributed by atoms with Gasteiger partial charge >= 0.3 is 6.03 Å². The number of carbonyl (C=O) groups is 1. The highest BCUT2D eigenvalue weighted by Gasteiger charge is 2.39. The molecule has 0 aromatic heterocycles. The number of amides is 2. The topological polar surface area (TPSA) is 62.8 Å². The summed E-state index contributed by atoms with van der Waals surface area (Å²) in [4.78, 5) is 14.9. The summed E-state index contributed by atoms with van der Waals surface area (Å²) in [7, 11) is 2.23. The standard InChI is InChI=1S/C27H29N3O3/c1-30-21-11-12-22(30)18-26(17-21)33-25-15-9-20(10-16-25)29-27(31)28-19-7-13-24(14-8-19)32-23-5-3-2-4-6-23/h2-10,13-16,21-22,26H,11-12,17-18H2,1H3,(H2,28,29,31)/t21-,22+,26-. The van der Waals surface area contributed by atoms with Gasteiger partial charge in [0.05, 0.1) is 0 Å². The second-order valence-electron chi connectivity index (χ2n) is 8.80. The molecule has 3 aromatic rings. The van der Waals surface area contributed by atoms with E-state index in [1.54, 1.807) is 0 Å². The summed E-state index contributed by atoms with van der Waals surface area (Å²) in [5, 5.41) is 5.70. The zero-order valence-corrected chi connectivity index (χ0v) is 18.7. The molecule has 2 aliphatic rings. The van der Waals surface area contributed by atoms with Gasteiger partial charge in [-0.25, -0.2) is 4.79 Å². The van der Waals surface area contributed by atoms with Crippen molar-refractivity contribution in [1.82, 2.24) is 4.90 Å². The number of carbonyl (C=O) groups excluding carboxylic acids is 1. The van der Waals surface area contributed by atoms with Crippen molar-refractivity contribution in [1.29, 1.82) is 0 Å². The summed E-state index contributed by atoms with van der Waals surface area (Å²) in [6.45, 7) is 0. The van der Waals surface area contributed by atoms with Crippen LogP contribution in [-0.4, -0.2) is 36.2 Å². The quantitative estimate of drug-likeness (QED) is 0.481. The maximum absolute atomic E-state index is 12.4. The van der Waals surface area contributed by atoms with Crippen molar-refractivity contribution in [3.63, 3.8) is 0 Å². The molecule has 33 heavy (non-hydrogen) atoms. The van der Waals surface area contributed by atoms with Gasteiger partial charge in [0.15, 0.2) is 0 Å². The summed E-state index contributed by atoms with van der Waals surface area (Å²) < 4.78 is 12.0. The number of nitrogens with one attached hydrogen (secondary N) is 2. The number of nitrogens with zero attached hydrogens (tertiary/aromatic N) is 1. The van der Waals surface area contributed by atoms with Crippen molar-refractivity contribution >= 4 is 17.4 Å². The van der Waals surface area contributed by atoms with Crippen molar-refractivity contribution in [2.45, 2.75) is 43.9 Å². The molecule has 0 unspecified atom stereocenters. The highest BCUT2D eigenvalue weighted by atomic mass is 16.5. The highest BCUT2D eigenvalue weighted by molar-refractivity contribution is 5.99. The summed E-state index contributed by atoms with van der Waals surface area (Å²) in [5.74, 6) is 2.33. The van der Waals surface area contributed by atoms with E-state index in [1.807, 2.05) is 78.9 Å². The van der Waals surface area contributed by atoms with Crippen molar-refractivity contribution in [3.8, 4) is 17.2 Å². The summed E-state index contributed by atoms with van der Waals surface area (Å²) in [6.07, 6.45) is 5.01. The van der Waals surface area contributed by atoms with Gasteiger partial charge in [-0.3, -0.25) is 0 Å². The SMILES string of the molecule is CN1[C@@H]2CC[C@H]1C[C@H](Oc1ccc(NC(=O)Nc3ccc(Oc4ccccc4)cc3)cc1)C2. The molecular formula is C27H29N3O3. The van der Waals surface area contributed by atoms with E-state index < -0.39 is 0 Å². The monoisotopic (exact) mass is 443 g/mol. The number of urea groups is 1. The van der Waals surface area contributed by atoms with E-state index in [1.165, 1.54) is 12.8 Å². The molecule has 2 bridgehead atoms. The second-order valence-corrected chi connectivity index (χ2v) is 8.80. The Morgan fingerprint density at radius 2 is 1.27 bits per heavy atom. The molecule has 5 rings (SSSR count). The fourth-order valence-electron chi connectivity index (χ4n) is 4.79. The van der Waals surface area contributed by atoms with Crippen LogP contribution in [0.4, 0.5) is 16.2 Å². The predicted molar refractivity (Wildman–Crippen MR) is 130 cm³/mol. The highest BCUT2D eigenvalue weighted by Crippen LogP contribution is 2.36. The van der Waals surface area contributed by atoms with Gasteiger partial charge in [-0.1, -0.05) is 18.2 Å². The second kappa shape index (κ2) is 9.55. The van der Waals surface area contributed by atoms with Crippen LogP contribution >= 0.6 is 0 Å². The van der Waals surface area contributed by atoms with Crippen LogP contribution < -0.4 is 20.1 Å². The number of piperidine rings is 1. The summed E-state index contributed by atoms with van der Waals surface area (Å²) in [6, 6.07) is 25.4. The Balaban J connectivity index is 1.10. The minimum atomic E-state index is -0.299. The molecule has 2 fully saturated rings. The van der Waals surface area contributed by atoms with Gasteiger partial charge in [0.2, 0.25) is 0 Å². The zero-order chi connectivity index (χ0) is 22.6. The normalized spacial score (nSPS) is 21.9. The first-order chi connectivity index (χ1) is 16.1. The Labute approximate surface area is 194 Å². The number of para-hydroxylation sites is 1. The van der Waals surface area contributed by atoms with Crippen molar-refractivity contribution < 1.29 is 14.3 Å². The van der Waals surface area contributed by atoms with E-state index in [4.69, 9.17) is 9.47 Å². The molecule has 6 heteroatoms. The van der Waals surface area contributed by atoms with Crippen LogP contribution in [-0.2, 0) is 0 Å². The fraction of sp³-hybridized carbons (Fsp3) is 0.296. The average Bonchev–Trinajstić information content (AvgIpc) is 3.03. The molecule has 2 heterocycles. The van der Waals surface area contributed by atoms with E-state index in [9.17, 15) is 4.79 Å². The minimum Gasteiger partial charge on any atom is -0.490 e. The molecule has 0 spiro atoms. The molecule has 2 aliphatic heterocycles. The van der Waals surface area contributed by atoms with Gasteiger partial charge in [-0.05, 0) is 93.4 Å². The predicted octanol–water partition coefficient (Wildman–Crippen LogP) is 6.13. The summed E-state index contributed by atoms with van der Waals surface area (Å²) >= 11 is 0. The van der Waals surface area contributed by atoms with Crippen molar-refractivity contribution in [3.05, 3.63) is 78.9 Å². The van der Waals surface area contributed by atoms with E-state index in [-0.39, 0.29) is 12.1 Å². The first-order valence-corrected chi connectivity index (χ1v) is 11.5. The Morgan fingerprint density at radius 3 is 1.85 bits per heavy atom. The maximum Gasteiger partial charge on any atom is 0.323 e. The Kier molecular flexibility index (Phi) is 6.17. The van der Waals surface area contributed by atoms with Crippen molar-refractivity contribution in [2.24, 2.45) is 0 Å². The molecule has 0 radical (unpaired) electrons. The lowest BCUT2D eigenvalue weighted by Gasteiger charge is -2.36. The molecule has 2 saturated heterocycles. The molecule has 0 saturated carbocycles. The third-order valence-electron chi connectivity index (χ3n) is 6.56. The number of anilines is 2. The summed E-state index contributed by atoms with van der Waals surface area (Å²) in [5.41, 5.74) is 1.40. The number of ether oxygens (including phenoxy) is 2. The van der Waals surface area contributed by atoms with Gasteiger partial charge in [0.25, 0.3) is 0 Å². The van der Waals surface area contributed by atoms with Crippen LogP contribution in [0.2, 0.25) is 0 Å². The van der Waals surface area contributed by atoms with Crippen LogP contribution in [0.5, 0.6) is 17.2 Å². The van der Waals surface area contributed by atoms with E-state index in [0.717, 1.165) is 24.3 Å². The molecule has 170 valence electrons. The number of rotatable bonds is 6. The van der Waals surface area contributed by atoms with Crippen LogP contribution in [0.3, 0.4) is 0 Å². The number of hydrogen-bond donors (Lipinski definition) is 2. The van der Waals surface area contributed by atoms with Gasteiger partial charge in [-0.15, -0.1) is 0 Å². The van der Waals surface area contributed by atoms with E-state index in [0.29, 0.717) is 29.2 Å². The minimum absolute atomic E-state index is 0.273. The smallest absolute Gasteiger partial charge is 0.323 e. The third kappa shape index (κ3) is 5.29. The van der Waals surface area contributed by atoms with Gasteiger partial charge in [0.1, 0.15) is 23.4 Å². The van der Waals surface area contributed by atoms with Gasteiger partial charge in [-0.2, -0.15) is 0 Å². The van der Waals surface area contributed by atoms with Crippen LogP contribution in [0.25, 0.3) is 0 Å². The average molecular weight is 444 g/mol. The van der Waals surface area contributed by atoms with E-state index >= 15 is 0 Å². The molecule has 2 amide bonds. The lowest BCUT2D eigenvalue weighted by atomic mass is 10.0. The molecule has 3 atom stereocenters. The van der Waals surface area contributed by atoms with Crippen LogP contribution in [0.15, 0.2) is 78.9 Å². The number of fused-ring (bicyclic) bond motifs is 2. The fourth-order valence-corrected chi connectivity index (χ4v) is 4.79.